The van der Waals surface area contributed by atoms with Gasteiger partial charge in [0.05, 0.1) is 0 Å². The maximum Gasteiger partial charge on any atom is 0.254 e. The lowest BCUT2D eigenvalue weighted by Gasteiger charge is -2.18. The van der Waals surface area contributed by atoms with Gasteiger partial charge >= 0.3 is 0 Å². The van der Waals surface area contributed by atoms with Gasteiger partial charge in [-0.1, -0.05) is 50.1 Å². The normalized spacial score (nSPS) is 10.3. The second kappa shape index (κ2) is 6.41. The zero-order chi connectivity index (χ0) is 14.7. The van der Waals surface area contributed by atoms with E-state index in [1.807, 2.05) is 24.3 Å². The van der Waals surface area contributed by atoms with Crippen molar-refractivity contribution in [2.24, 2.45) is 0 Å². The van der Waals surface area contributed by atoms with Crippen molar-refractivity contribution < 1.29 is 4.79 Å². The number of nitrogen functional groups attached to an aromatic ring is 1. The fourth-order valence-electron chi connectivity index (χ4n) is 1.91. The van der Waals surface area contributed by atoms with E-state index in [1.54, 1.807) is 30.1 Å². The van der Waals surface area contributed by atoms with Crippen LogP contribution in [0.3, 0.4) is 0 Å². The molecule has 0 aliphatic rings. The molecule has 0 saturated heterocycles. The molecule has 20 heavy (non-hydrogen) atoms. The van der Waals surface area contributed by atoms with E-state index in [2.05, 4.69) is 31.9 Å². The minimum atomic E-state index is -0.0613. The molecule has 0 unspecified atom stereocenters. The summed E-state index contributed by atoms with van der Waals surface area (Å²) in [5.74, 6) is -0.0613. The Morgan fingerprint density at radius 2 is 1.90 bits per heavy atom. The molecule has 2 aromatic carbocycles. The van der Waals surface area contributed by atoms with Gasteiger partial charge in [-0.15, -0.1) is 0 Å². The summed E-state index contributed by atoms with van der Waals surface area (Å²) in [6.07, 6.45) is 0. The Bertz CT molecular complexity index is 623. The molecule has 2 N–H and O–H groups in total. The Balaban J connectivity index is 2.18. The fourth-order valence-corrected chi connectivity index (χ4v) is 2.83. The van der Waals surface area contributed by atoms with Gasteiger partial charge in [-0.3, -0.25) is 4.79 Å². The molecular weight excluding hydrogens is 384 g/mol. The van der Waals surface area contributed by atoms with Gasteiger partial charge in [0.2, 0.25) is 0 Å². The Kier molecular flexibility index (Phi) is 4.83. The van der Waals surface area contributed by atoms with Gasteiger partial charge in [0, 0.05) is 33.8 Å². The van der Waals surface area contributed by atoms with E-state index in [-0.39, 0.29) is 5.91 Å². The molecule has 1 amide bonds. The lowest BCUT2D eigenvalue weighted by molar-refractivity contribution is 0.0785. The number of anilines is 1. The molecule has 104 valence electrons. The summed E-state index contributed by atoms with van der Waals surface area (Å²) in [6, 6.07) is 13.1. The zero-order valence-electron chi connectivity index (χ0n) is 10.9. The average Bonchev–Trinajstić information content (AvgIpc) is 2.39. The molecule has 0 aromatic heterocycles. The number of rotatable bonds is 3. The fraction of sp³-hybridized carbons (Fsp3) is 0.133. The van der Waals surface area contributed by atoms with E-state index in [9.17, 15) is 4.79 Å². The van der Waals surface area contributed by atoms with Crippen LogP contribution in [0.25, 0.3) is 0 Å². The van der Waals surface area contributed by atoms with Gasteiger partial charge in [0.1, 0.15) is 0 Å². The highest BCUT2D eigenvalue weighted by Crippen LogP contribution is 2.21. The summed E-state index contributed by atoms with van der Waals surface area (Å²) in [4.78, 5) is 14.1. The van der Waals surface area contributed by atoms with Gasteiger partial charge < -0.3 is 10.6 Å². The lowest BCUT2D eigenvalue weighted by atomic mass is 10.1. The predicted octanol–water partition coefficient (Wildman–Crippen LogP) is 4.07. The van der Waals surface area contributed by atoms with E-state index >= 15 is 0 Å². The number of halogens is 2. The van der Waals surface area contributed by atoms with Crippen LogP contribution in [0.5, 0.6) is 0 Å². The van der Waals surface area contributed by atoms with Gasteiger partial charge in [0.15, 0.2) is 0 Å². The average molecular weight is 398 g/mol. The van der Waals surface area contributed by atoms with E-state index in [4.69, 9.17) is 5.73 Å². The van der Waals surface area contributed by atoms with Crippen molar-refractivity contribution in [1.82, 2.24) is 4.90 Å². The van der Waals surface area contributed by atoms with Gasteiger partial charge in [0.25, 0.3) is 5.91 Å². The van der Waals surface area contributed by atoms with Crippen LogP contribution in [0.4, 0.5) is 5.69 Å². The van der Waals surface area contributed by atoms with Gasteiger partial charge in [-0.05, 0) is 29.8 Å². The topological polar surface area (TPSA) is 46.3 Å². The number of amides is 1. The number of benzene rings is 2. The molecule has 0 aliphatic carbocycles. The van der Waals surface area contributed by atoms with Crippen molar-refractivity contribution in [3.8, 4) is 0 Å². The number of hydrogen-bond donors (Lipinski definition) is 1. The monoisotopic (exact) mass is 396 g/mol. The van der Waals surface area contributed by atoms with Gasteiger partial charge in [-0.2, -0.15) is 0 Å². The van der Waals surface area contributed by atoms with Crippen molar-refractivity contribution in [2.45, 2.75) is 6.54 Å². The van der Waals surface area contributed by atoms with Crippen LogP contribution in [0.15, 0.2) is 51.4 Å². The third-order valence-corrected chi connectivity index (χ3v) is 4.11. The molecule has 2 aromatic rings. The van der Waals surface area contributed by atoms with Crippen LogP contribution >= 0.6 is 31.9 Å². The first kappa shape index (κ1) is 15.1. The van der Waals surface area contributed by atoms with Crippen LogP contribution in [0.1, 0.15) is 15.9 Å². The zero-order valence-corrected chi connectivity index (χ0v) is 14.1. The van der Waals surface area contributed by atoms with E-state index in [1.165, 1.54) is 0 Å². The van der Waals surface area contributed by atoms with Crippen molar-refractivity contribution in [3.63, 3.8) is 0 Å². The molecule has 0 spiro atoms. The largest absolute Gasteiger partial charge is 0.399 e. The highest BCUT2D eigenvalue weighted by molar-refractivity contribution is 9.10. The van der Waals surface area contributed by atoms with Crippen molar-refractivity contribution in [3.05, 3.63) is 62.5 Å². The van der Waals surface area contributed by atoms with Crippen molar-refractivity contribution >= 4 is 43.5 Å². The lowest BCUT2D eigenvalue weighted by Crippen LogP contribution is -2.26. The second-order valence-corrected chi connectivity index (χ2v) is 6.30. The molecule has 0 bridgehead atoms. The summed E-state index contributed by atoms with van der Waals surface area (Å²) in [5, 5.41) is 0. The Labute approximate surface area is 135 Å². The quantitative estimate of drug-likeness (QED) is 0.793. The van der Waals surface area contributed by atoms with E-state index in [0.29, 0.717) is 17.8 Å². The molecule has 0 atom stereocenters. The minimum Gasteiger partial charge on any atom is -0.399 e. The summed E-state index contributed by atoms with van der Waals surface area (Å²) < 4.78 is 1.79. The Morgan fingerprint density at radius 1 is 1.20 bits per heavy atom. The summed E-state index contributed by atoms with van der Waals surface area (Å²) >= 11 is 6.84. The number of nitrogens with zero attached hydrogens (tertiary/aromatic N) is 1. The number of carbonyl (C=O) groups excluding carboxylic acids is 1. The first-order valence-corrected chi connectivity index (χ1v) is 7.61. The molecule has 3 nitrogen and oxygen atoms in total. The third-order valence-electron chi connectivity index (χ3n) is 2.88. The third kappa shape index (κ3) is 3.61. The molecule has 0 heterocycles. The van der Waals surface area contributed by atoms with Crippen LogP contribution in [0.2, 0.25) is 0 Å². The summed E-state index contributed by atoms with van der Waals surface area (Å²) in [7, 11) is 1.78. The molecular formula is C15H14Br2N2O. The SMILES string of the molecule is CN(Cc1ccccc1Br)C(=O)c1cc(N)cc(Br)c1. The molecule has 5 heteroatoms. The van der Waals surface area contributed by atoms with Crippen LogP contribution in [0, 0.1) is 0 Å². The van der Waals surface area contributed by atoms with E-state index in [0.717, 1.165) is 14.5 Å². The second-order valence-electron chi connectivity index (χ2n) is 4.53. The highest BCUT2D eigenvalue weighted by atomic mass is 79.9. The maximum absolute atomic E-state index is 12.4. The standard InChI is InChI=1S/C15H14Br2N2O/c1-19(9-10-4-2-3-5-14(10)17)15(20)11-6-12(16)8-13(18)7-11/h2-8H,9,18H2,1H3. The molecule has 0 saturated carbocycles. The number of carbonyl (C=O) groups is 1. The van der Waals surface area contributed by atoms with Gasteiger partial charge in [-0.25, -0.2) is 0 Å². The van der Waals surface area contributed by atoms with Crippen LogP contribution in [-0.2, 0) is 6.54 Å². The van der Waals surface area contributed by atoms with Crippen molar-refractivity contribution in [2.75, 3.05) is 12.8 Å². The highest BCUT2D eigenvalue weighted by Gasteiger charge is 2.14. The van der Waals surface area contributed by atoms with Crippen LogP contribution in [-0.4, -0.2) is 17.9 Å². The number of hydrogen-bond acceptors (Lipinski definition) is 2. The first-order chi connectivity index (χ1) is 9.47. The Hall–Kier alpha value is -1.33. The molecule has 0 fully saturated rings. The molecule has 0 radical (unpaired) electrons. The molecule has 0 aliphatic heterocycles. The smallest absolute Gasteiger partial charge is 0.254 e. The van der Waals surface area contributed by atoms with Crippen molar-refractivity contribution in [1.29, 1.82) is 0 Å². The number of nitrogens with two attached hydrogens (primary N) is 1. The minimum absolute atomic E-state index is 0.0613. The Morgan fingerprint density at radius 3 is 2.55 bits per heavy atom. The van der Waals surface area contributed by atoms with E-state index < -0.39 is 0 Å². The first-order valence-electron chi connectivity index (χ1n) is 6.02. The molecule has 2 rings (SSSR count). The summed E-state index contributed by atoms with van der Waals surface area (Å²) in [5.41, 5.74) is 7.97. The predicted molar refractivity (Wildman–Crippen MR) is 88.5 cm³/mol. The van der Waals surface area contributed by atoms with Crippen LogP contribution < -0.4 is 5.73 Å². The summed E-state index contributed by atoms with van der Waals surface area (Å²) in [6.45, 7) is 0.534. The maximum atomic E-state index is 12.4.